The van der Waals surface area contributed by atoms with Gasteiger partial charge in [-0.15, -0.1) is 0 Å². The first kappa shape index (κ1) is 34.3. The second kappa shape index (κ2) is 15.7. The standard InChI is InChI=1S/C35H51ClN6O4/c1-35(2,3)46-34(44)37-30-12-14-42(25-30)31-10-9-29(36)23-27(31)11-13-38-15-17-40(18-16-38)26-33(43)41-21-19-39(20-22-41)24-28-7-5-6-8-32(28)45-4/h5-10,23,30H,11-22,24-26H2,1-4H3,(H,37,44)/t30-/m0/s1. The van der Waals surface area contributed by atoms with Gasteiger partial charge in [-0.2, -0.15) is 0 Å². The highest BCUT2D eigenvalue weighted by atomic mass is 35.5. The van der Waals surface area contributed by atoms with Crippen molar-refractivity contribution in [2.24, 2.45) is 0 Å². The zero-order chi connectivity index (χ0) is 32.7. The summed E-state index contributed by atoms with van der Waals surface area (Å²) in [4.78, 5) is 37.0. The van der Waals surface area contributed by atoms with Crippen LogP contribution in [0.15, 0.2) is 42.5 Å². The Kier molecular flexibility index (Phi) is 11.7. The Morgan fingerprint density at radius 1 is 0.891 bits per heavy atom. The van der Waals surface area contributed by atoms with Gasteiger partial charge in [0.05, 0.1) is 19.7 Å². The number of hydrogen-bond donors (Lipinski definition) is 1. The molecule has 0 spiro atoms. The maximum absolute atomic E-state index is 13.1. The fourth-order valence-electron chi connectivity index (χ4n) is 6.60. The highest BCUT2D eigenvalue weighted by Gasteiger charge is 2.28. The smallest absolute Gasteiger partial charge is 0.407 e. The van der Waals surface area contributed by atoms with Crippen LogP contribution in [0, 0.1) is 0 Å². The minimum absolute atomic E-state index is 0.0523. The number of hydrogen-bond acceptors (Lipinski definition) is 8. The van der Waals surface area contributed by atoms with Crippen molar-refractivity contribution >= 4 is 29.3 Å². The van der Waals surface area contributed by atoms with Crippen molar-refractivity contribution in [3.63, 3.8) is 0 Å². The minimum atomic E-state index is -0.513. The molecule has 0 aromatic heterocycles. The number of carbonyl (C=O) groups is 2. The summed E-state index contributed by atoms with van der Waals surface area (Å²) in [5.74, 6) is 1.15. The van der Waals surface area contributed by atoms with Crippen LogP contribution < -0.4 is 15.0 Å². The highest BCUT2D eigenvalue weighted by molar-refractivity contribution is 6.30. The molecule has 1 N–H and O–H groups in total. The lowest BCUT2D eigenvalue weighted by molar-refractivity contribution is -0.134. The first-order valence-electron chi connectivity index (χ1n) is 16.7. The van der Waals surface area contributed by atoms with Gasteiger partial charge in [-0.3, -0.25) is 14.6 Å². The van der Waals surface area contributed by atoms with E-state index in [9.17, 15) is 9.59 Å². The van der Waals surface area contributed by atoms with Gasteiger partial charge < -0.3 is 29.5 Å². The van der Waals surface area contributed by atoms with Gasteiger partial charge in [0.1, 0.15) is 11.4 Å². The predicted octanol–water partition coefficient (Wildman–Crippen LogP) is 3.96. The Balaban J connectivity index is 1.03. The van der Waals surface area contributed by atoms with E-state index in [1.807, 2.05) is 49.9 Å². The molecule has 11 heteroatoms. The molecule has 1 atom stereocenters. The number of carbonyl (C=O) groups excluding carboxylic acids is 2. The van der Waals surface area contributed by atoms with Crippen LogP contribution in [0.4, 0.5) is 10.5 Å². The number of methoxy groups -OCH3 is 1. The van der Waals surface area contributed by atoms with Gasteiger partial charge in [0.2, 0.25) is 5.91 Å². The molecule has 0 unspecified atom stereocenters. The topological polar surface area (TPSA) is 80.8 Å². The number of nitrogens with one attached hydrogen (secondary N) is 1. The van der Waals surface area contributed by atoms with Crippen LogP contribution in [0.5, 0.6) is 5.75 Å². The average Bonchev–Trinajstić information content (AvgIpc) is 3.48. The summed E-state index contributed by atoms with van der Waals surface area (Å²) in [7, 11) is 1.71. The molecule has 2 aromatic carbocycles. The van der Waals surface area contributed by atoms with E-state index in [0.717, 1.165) is 102 Å². The Morgan fingerprint density at radius 2 is 1.59 bits per heavy atom. The molecular weight excluding hydrogens is 604 g/mol. The SMILES string of the molecule is COc1ccccc1CN1CCN(C(=O)CN2CCN(CCc3cc(Cl)ccc3N3CC[C@H](NC(=O)OC(C)(C)C)C3)CC2)CC1. The van der Waals surface area contributed by atoms with Crippen LogP contribution in [-0.4, -0.2) is 129 Å². The van der Waals surface area contributed by atoms with Gasteiger partial charge >= 0.3 is 6.09 Å². The zero-order valence-corrected chi connectivity index (χ0v) is 28.7. The van der Waals surface area contributed by atoms with Crippen molar-refractivity contribution in [1.82, 2.24) is 24.9 Å². The summed E-state index contributed by atoms with van der Waals surface area (Å²) >= 11 is 6.44. The van der Waals surface area contributed by atoms with E-state index in [1.165, 1.54) is 16.8 Å². The average molecular weight is 655 g/mol. The van der Waals surface area contributed by atoms with E-state index in [1.54, 1.807) is 7.11 Å². The van der Waals surface area contributed by atoms with Crippen LogP contribution >= 0.6 is 11.6 Å². The van der Waals surface area contributed by atoms with Crippen molar-refractivity contribution in [2.45, 2.75) is 51.8 Å². The van der Waals surface area contributed by atoms with Crippen LogP contribution in [-0.2, 0) is 22.5 Å². The Morgan fingerprint density at radius 3 is 2.30 bits per heavy atom. The van der Waals surface area contributed by atoms with Crippen LogP contribution in [0.25, 0.3) is 0 Å². The molecule has 252 valence electrons. The number of rotatable bonds is 10. The Bertz CT molecular complexity index is 1320. The van der Waals surface area contributed by atoms with Crippen LogP contribution in [0.3, 0.4) is 0 Å². The molecule has 2 amide bonds. The molecule has 3 heterocycles. The first-order valence-corrected chi connectivity index (χ1v) is 17.0. The number of halogens is 1. The van der Waals surface area contributed by atoms with Crippen molar-refractivity contribution in [3.05, 3.63) is 58.6 Å². The number of alkyl carbamates (subject to hydrolysis) is 1. The van der Waals surface area contributed by atoms with Gasteiger partial charge in [0.15, 0.2) is 0 Å². The third-order valence-corrected chi connectivity index (χ3v) is 9.36. The number of anilines is 1. The number of ether oxygens (including phenoxy) is 2. The van der Waals surface area contributed by atoms with E-state index >= 15 is 0 Å². The molecule has 2 aromatic rings. The Labute approximate surface area is 279 Å². The molecule has 3 aliphatic heterocycles. The molecular formula is C35H51ClN6O4. The zero-order valence-electron chi connectivity index (χ0n) is 28.0. The third kappa shape index (κ3) is 9.73. The summed E-state index contributed by atoms with van der Waals surface area (Å²) in [5.41, 5.74) is 3.09. The van der Waals surface area contributed by atoms with E-state index < -0.39 is 5.60 Å². The molecule has 0 bridgehead atoms. The minimum Gasteiger partial charge on any atom is -0.496 e. The summed E-state index contributed by atoms with van der Waals surface area (Å²) in [6.07, 6.45) is 1.41. The second-order valence-electron chi connectivity index (χ2n) is 13.7. The predicted molar refractivity (Wildman–Crippen MR) is 183 cm³/mol. The van der Waals surface area contributed by atoms with Crippen LogP contribution in [0.1, 0.15) is 38.3 Å². The lowest BCUT2D eigenvalue weighted by Crippen LogP contribution is -2.53. The quantitative estimate of drug-likeness (QED) is 0.413. The van der Waals surface area contributed by atoms with E-state index in [4.69, 9.17) is 21.1 Å². The summed E-state index contributed by atoms with van der Waals surface area (Å²) in [6.45, 7) is 16.5. The van der Waals surface area contributed by atoms with Crippen molar-refractivity contribution in [1.29, 1.82) is 0 Å². The number of piperazine rings is 2. The number of amides is 2. The maximum atomic E-state index is 13.1. The lowest BCUT2D eigenvalue weighted by atomic mass is 10.1. The highest BCUT2D eigenvalue weighted by Crippen LogP contribution is 2.28. The molecule has 3 fully saturated rings. The number of benzene rings is 2. The van der Waals surface area contributed by atoms with E-state index in [-0.39, 0.29) is 18.0 Å². The van der Waals surface area contributed by atoms with Gasteiger partial charge in [0.25, 0.3) is 0 Å². The van der Waals surface area contributed by atoms with Gasteiger partial charge in [-0.25, -0.2) is 4.79 Å². The molecule has 10 nitrogen and oxygen atoms in total. The van der Waals surface area contributed by atoms with Gasteiger partial charge in [0, 0.05) is 94.8 Å². The van der Waals surface area contributed by atoms with Gasteiger partial charge in [-0.05, 0) is 63.4 Å². The molecule has 0 radical (unpaired) electrons. The maximum Gasteiger partial charge on any atom is 0.407 e. The van der Waals surface area contributed by atoms with Crippen molar-refractivity contribution in [3.8, 4) is 5.75 Å². The monoisotopic (exact) mass is 654 g/mol. The molecule has 46 heavy (non-hydrogen) atoms. The summed E-state index contributed by atoms with van der Waals surface area (Å²) < 4.78 is 11.0. The van der Waals surface area contributed by atoms with Gasteiger partial charge in [-0.1, -0.05) is 29.8 Å². The molecule has 0 saturated carbocycles. The van der Waals surface area contributed by atoms with E-state index in [0.29, 0.717) is 6.54 Å². The van der Waals surface area contributed by atoms with E-state index in [2.05, 4.69) is 43.1 Å². The van der Waals surface area contributed by atoms with Crippen LogP contribution in [0.2, 0.25) is 5.02 Å². The molecule has 5 rings (SSSR count). The third-order valence-electron chi connectivity index (χ3n) is 9.12. The molecule has 3 saturated heterocycles. The van der Waals surface area contributed by atoms with Crippen molar-refractivity contribution < 1.29 is 19.1 Å². The normalized spacial score (nSPS) is 20.2. The largest absolute Gasteiger partial charge is 0.496 e. The number of para-hydroxylation sites is 1. The fraction of sp³-hybridized carbons (Fsp3) is 0.600. The first-order chi connectivity index (χ1) is 22.1. The summed E-state index contributed by atoms with van der Waals surface area (Å²) in [5, 5.41) is 3.77. The Hall–Kier alpha value is -3.05. The lowest BCUT2D eigenvalue weighted by Gasteiger charge is -2.38. The summed E-state index contributed by atoms with van der Waals surface area (Å²) in [6, 6.07) is 14.3. The number of nitrogens with zero attached hydrogens (tertiary/aromatic N) is 5. The molecule has 3 aliphatic rings. The fourth-order valence-corrected chi connectivity index (χ4v) is 6.80. The molecule has 0 aliphatic carbocycles. The second-order valence-corrected chi connectivity index (χ2v) is 14.1. The van der Waals surface area contributed by atoms with Crippen molar-refractivity contribution in [2.75, 3.05) is 90.5 Å².